The summed E-state index contributed by atoms with van der Waals surface area (Å²) in [5.41, 5.74) is 15.2. The van der Waals surface area contributed by atoms with Crippen molar-refractivity contribution in [2.45, 2.75) is 19.4 Å². The second kappa shape index (κ2) is 5.71. The highest BCUT2D eigenvalue weighted by Gasteiger charge is 2.13. The monoisotopic (exact) mass is 257 g/mol. The van der Waals surface area contributed by atoms with E-state index in [1.54, 1.807) is 13.3 Å². The standard InChI is InChI=1S/C15H19N3O/c1-10-3-4-12(14(7-10)19-2)13(16)8-11-5-6-18-15(17)9-11/h3-7,9,13H,8,16H2,1-2H3,(H2,17,18). The summed E-state index contributed by atoms with van der Waals surface area (Å²) in [4.78, 5) is 3.98. The molecule has 1 aromatic heterocycles. The molecule has 100 valence electrons. The molecular formula is C15H19N3O. The number of nitrogen functional groups attached to an aromatic ring is 1. The summed E-state index contributed by atoms with van der Waals surface area (Å²) in [5.74, 6) is 1.34. The molecule has 4 heteroatoms. The van der Waals surface area contributed by atoms with Crippen molar-refractivity contribution in [1.29, 1.82) is 0 Å². The fraction of sp³-hybridized carbons (Fsp3) is 0.267. The lowest BCUT2D eigenvalue weighted by Gasteiger charge is -2.16. The Morgan fingerprint density at radius 3 is 2.74 bits per heavy atom. The maximum atomic E-state index is 6.26. The van der Waals surface area contributed by atoms with Gasteiger partial charge in [0, 0.05) is 17.8 Å². The summed E-state index contributed by atoms with van der Waals surface area (Å²) in [6, 6.07) is 9.70. The van der Waals surface area contributed by atoms with E-state index in [4.69, 9.17) is 16.2 Å². The van der Waals surface area contributed by atoms with Crippen LogP contribution in [0.4, 0.5) is 5.82 Å². The van der Waals surface area contributed by atoms with Crippen molar-refractivity contribution in [3.63, 3.8) is 0 Å². The number of hydrogen-bond donors (Lipinski definition) is 2. The Labute approximate surface area is 113 Å². The van der Waals surface area contributed by atoms with Gasteiger partial charge in [0.2, 0.25) is 0 Å². The van der Waals surface area contributed by atoms with Gasteiger partial charge in [0.05, 0.1) is 7.11 Å². The molecule has 0 radical (unpaired) electrons. The van der Waals surface area contributed by atoms with E-state index in [9.17, 15) is 0 Å². The molecule has 1 aromatic carbocycles. The molecule has 0 aliphatic rings. The molecular weight excluding hydrogens is 238 g/mol. The van der Waals surface area contributed by atoms with Gasteiger partial charge in [-0.2, -0.15) is 0 Å². The van der Waals surface area contributed by atoms with Crippen LogP contribution in [0.25, 0.3) is 0 Å². The third kappa shape index (κ3) is 3.23. The summed E-state index contributed by atoms with van der Waals surface area (Å²) in [7, 11) is 1.66. The molecule has 0 spiro atoms. The predicted octanol–water partition coefficient (Wildman–Crippen LogP) is 2.22. The predicted molar refractivity (Wildman–Crippen MR) is 77.0 cm³/mol. The van der Waals surface area contributed by atoms with Crippen LogP contribution in [0.1, 0.15) is 22.7 Å². The summed E-state index contributed by atoms with van der Waals surface area (Å²) in [6.45, 7) is 2.03. The SMILES string of the molecule is COc1cc(C)ccc1C(N)Cc1ccnc(N)c1. The normalized spacial score (nSPS) is 12.2. The van der Waals surface area contributed by atoms with E-state index in [2.05, 4.69) is 4.98 Å². The van der Waals surface area contributed by atoms with Gasteiger partial charge in [-0.05, 0) is 42.7 Å². The molecule has 2 rings (SSSR count). The quantitative estimate of drug-likeness (QED) is 0.880. The molecule has 0 aliphatic heterocycles. The van der Waals surface area contributed by atoms with E-state index < -0.39 is 0 Å². The number of aryl methyl sites for hydroxylation is 1. The number of ether oxygens (including phenoxy) is 1. The van der Waals surface area contributed by atoms with Crippen LogP contribution < -0.4 is 16.2 Å². The topological polar surface area (TPSA) is 74.2 Å². The van der Waals surface area contributed by atoms with E-state index in [0.717, 1.165) is 22.4 Å². The minimum atomic E-state index is -0.127. The van der Waals surface area contributed by atoms with Gasteiger partial charge in [0.15, 0.2) is 0 Å². The zero-order chi connectivity index (χ0) is 13.8. The van der Waals surface area contributed by atoms with Crippen LogP contribution in [0.15, 0.2) is 36.5 Å². The van der Waals surface area contributed by atoms with E-state index >= 15 is 0 Å². The Morgan fingerprint density at radius 2 is 2.05 bits per heavy atom. The van der Waals surface area contributed by atoms with Crippen molar-refractivity contribution >= 4 is 5.82 Å². The first-order valence-corrected chi connectivity index (χ1v) is 6.20. The van der Waals surface area contributed by atoms with Gasteiger partial charge >= 0.3 is 0 Å². The highest BCUT2D eigenvalue weighted by atomic mass is 16.5. The van der Waals surface area contributed by atoms with Crippen LogP contribution >= 0.6 is 0 Å². The van der Waals surface area contributed by atoms with Crippen molar-refractivity contribution in [3.05, 3.63) is 53.2 Å². The van der Waals surface area contributed by atoms with Gasteiger partial charge < -0.3 is 16.2 Å². The second-order valence-electron chi connectivity index (χ2n) is 4.64. The molecule has 1 heterocycles. The van der Waals surface area contributed by atoms with Gasteiger partial charge in [-0.1, -0.05) is 12.1 Å². The fourth-order valence-electron chi connectivity index (χ4n) is 2.11. The molecule has 4 nitrogen and oxygen atoms in total. The largest absolute Gasteiger partial charge is 0.496 e. The summed E-state index contributed by atoms with van der Waals surface area (Å²) >= 11 is 0. The van der Waals surface area contributed by atoms with Gasteiger partial charge in [-0.25, -0.2) is 4.98 Å². The van der Waals surface area contributed by atoms with Crippen LogP contribution in [0.2, 0.25) is 0 Å². The van der Waals surface area contributed by atoms with Gasteiger partial charge in [-0.3, -0.25) is 0 Å². The van der Waals surface area contributed by atoms with Gasteiger partial charge in [0.1, 0.15) is 11.6 Å². The lowest BCUT2D eigenvalue weighted by Crippen LogP contribution is -2.14. The smallest absolute Gasteiger partial charge is 0.123 e. The molecule has 2 aromatic rings. The zero-order valence-electron chi connectivity index (χ0n) is 11.3. The van der Waals surface area contributed by atoms with Gasteiger partial charge in [0.25, 0.3) is 0 Å². The number of nitrogens with zero attached hydrogens (tertiary/aromatic N) is 1. The first kappa shape index (κ1) is 13.4. The fourth-order valence-corrected chi connectivity index (χ4v) is 2.11. The molecule has 1 atom stereocenters. The van der Waals surface area contributed by atoms with Crippen molar-refractivity contribution in [3.8, 4) is 5.75 Å². The Balaban J connectivity index is 2.22. The first-order chi connectivity index (χ1) is 9.10. The summed E-state index contributed by atoms with van der Waals surface area (Å²) in [6.07, 6.45) is 2.40. The summed E-state index contributed by atoms with van der Waals surface area (Å²) < 4.78 is 5.39. The van der Waals surface area contributed by atoms with Crippen LogP contribution in [0, 0.1) is 6.92 Å². The highest BCUT2D eigenvalue weighted by Crippen LogP contribution is 2.27. The highest BCUT2D eigenvalue weighted by molar-refractivity contribution is 5.40. The Hall–Kier alpha value is -2.07. The number of methoxy groups -OCH3 is 1. The zero-order valence-corrected chi connectivity index (χ0v) is 11.3. The number of rotatable bonds is 4. The Bertz CT molecular complexity index is 569. The first-order valence-electron chi connectivity index (χ1n) is 6.20. The lowest BCUT2D eigenvalue weighted by atomic mass is 9.98. The van der Waals surface area contributed by atoms with E-state index in [-0.39, 0.29) is 6.04 Å². The third-order valence-electron chi connectivity index (χ3n) is 3.09. The van der Waals surface area contributed by atoms with E-state index in [1.807, 2.05) is 37.3 Å². The number of anilines is 1. The Kier molecular flexibility index (Phi) is 4.02. The van der Waals surface area contributed by atoms with E-state index in [0.29, 0.717) is 12.2 Å². The number of nitrogens with two attached hydrogens (primary N) is 2. The van der Waals surface area contributed by atoms with Crippen LogP contribution in [-0.4, -0.2) is 12.1 Å². The molecule has 0 bridgehead atoms. The van der Waals surface area contributed by atoms with E-state index in [1.165, 1.54) is 0 Å². The maximum Gasteiger partial charge on any atom is 0.123 e. The average Bonchev–Trinajstić information content (AvgIpc) is 2.38. The minimum absolute atomic E-state index is 0.127. The number of benzene rings is 1. The van der Waals surface area contributed by atoms with Crippen LogP contribution in [0.5, 0.6) is 5.75 Å². The van der Waals surface area contributed by atoms with Gasteiger partial charge in [-0.15, -0.1) is 0 Å². The average molecular weight is 257 g/mol. The van der Waals surface area contributed by atoms with Crippen molar-refractivity contribution in [2.24, 2.45) is 5.73 Å². The minimum Gasteiger partial charge on any atom is -0.496 e. The van der Waals surface area contributed by atoms with Crippen molar-refractivity contribution in [2.75, 3.05) is 12.8 Å². The molecule has 0 saturated heterocycles. The number of pyridine rings is 1. The molecule has 0 amide bonds. The van der Waals surface area contributed by atoms with Crippen LogP contribution in [-0.2, 0) is 6.42 Å². The third-order valence-corrected chi connectivity index (χ3v) is 3.09. The van der Waals surface area contributed by atoms with Crippen molar-refractivity contribution in [1.82, 2.24) is 4.98 Å². The van der Waals surface area contributed by atoms with Crippen molar-refractivity contribution < 1.29 is 4.74 Å². The second-order valence-corrected chi connectivity index (χ2v) is 4.64. The lowest BCUT2D eigenvalue weighted by molar-refractivity contribution is 0.405. The molecule has 19 heavy (non-hydrogen) atoms. The molecule has 1 unspecified atom stereocenters. The maximum absolute atomic E-state index is 6.26. The molecule has 0 aliphatic carbocycles. The number of aromatic nitrogens is 1. The molecule has 0 saturated carbocycles. The Morgan fingerprint density at radius 1 is 1.26 bits per heavy atom. The van der Waals surface area contributed by atoms with Crippen LogP contribution in [0.3, 0.4) is 0 Å². The number of hydrogen-bond acceptors (Lipinski definition) is 4. The molecule has 0 fully saturated rings. The molecule has 4 N–H and O–H groups in total. The summed E-state index contributed by atoms with van der Waals surface area (Å²) in [5, 5.41) is 0.